The predicted octanol–water partition coefficient (Wildman–Crippen LogP) is 0.681. The molecule has 1 radical (unpaired) electrons. The first-order valence-corrected chi connectivity index (χ1v) is 10.7. The minimum atomic E-state index is -1.19. The fourth-order valence-corrected chi connectivity index (χ4v) is 4.18. The Morgan fingerprint density at radius 3 is 2.15 bits per heavy atom. The zero-order valence-electron chi connectivity index (χ0n) is 19.0. The third-order valence-electron chi connectivity index (χ3n) is 4.89. The number of anilines is 1. The number of carboxylic acids is 1. The van der Waals surface area contributed by atoms with E-state index in [1.165, 1.54) is 0 Å². The van der Waals surface area contributed by atoms with Gasteiger partial charge in [0.05, 0.1) is 24.8 Å². The first-order chi connectivity index (χ1) is 15.3. The van der Waals surface area contributed by atoms with E-state index in [4.69, 9.17) is 24.4 Å². The molecule has 0 bridgehead atoms. The van der Waals surface area contributed by atoms with Crippen LogP contribution in [0.25, 0.3) is 0 Å². The summed E-state index contributed by atoms with van der Waals surface area (Å²) >= 11 is 1.61. The average Bonchev–Trinajstić information content (AvgIpc) is 2.85. The Labute approximate surface area is 214 Å². The van der Waals surface area contributed by atoms with Crippen molar-refractivity contribution < 1.29 is 49.0 Å². The molecule has 183 valence electrons. The van der Waals surface area contributed by atoms with E-state index in [1.807, 2.05) is 32.0 Å². The Bertz CT molecular complexity index is 707. The molecule has 2 N–H and O–H groups in total. The number of aliphatic carboxylic acids is 1. The molecule has 2 rings (SSSR count). The van der Waals surface area contributed by atoms with Gasteiger partial charge in [0.25, 0.3) is 0 Å². The third-order valence-corrected chi connectivity index (χ3v) is 6.38. The number of benzene rings is 1. The van der Waals surface area contributed by atoms with Crippen LogP contribution in [-0.4, -0.2) is 67.2 Å². The topological polar surface area (TPSA) is 142 Å². The molecule has 1 unspecified atom stereocenters. The van der Waals surface area contributed by atoms with Crippen molar-refractivity contribution in [1.29, 1.82) is 0 Å². The van der Waals surface area contributed by atoms with Crippen LogP contribution < -0.4 is 20.5 Å². The van der Waals surface area contributed by atoms with E-state index in [-0.39, 0.29) is 20.4 Å². The van der Waals surface area contributed by atoms with Gasteiger partial charge in [-0.15, -0.1) is 0 Å². The largest absolute Gasteiger partial charge is 0 e. The normalized spacial score (nSPS) is 13.7. The molecule has 0 aliphatic carbocycles. The van der Waals surface area contributed by atoms with Crippen LogP contribution in [0.2, 0.25) is 0 Å². The zero-order valence-corrected chi connectivity index (χ0v) is 22.6. The van der Waals surface area contributed by atoms with Crippen LogP contribution in [-0.2, 0) is 39.2 Å². The van der Waals surface area contributed by atoms with Crippen molar-refractivity contribution in [3.05, 3.63) is 44.2 Å². The molecule has 33 heavy (non-hydrogen) atoms. The van der Waals surface area contributed by atoms with Gasteiger partial charge in [-0.05, 0) is 44.7 Å². The predicted molar refractivity (Wildman–Crippen MR) is 118 cm³/mol. The number of methoxy groups -OCH3 is 1. The van der Waals surface area contributed by atoms with Crippen LogP contribution in [0.4, 0.5) is 5.69 Å². The molecule has 1 aromatic carbocycles. The summed E-state index contributed by atoms with van der Waals surface area (Å²) in [6, 6.07) is 7.19. The van der Waals surface area contributed by atoms with Gasteiger partial charge in [0.2, 0.25) is 0 Å². The van der Waals surface area contributed by atoms with Gasteiger partial charge >= 0.3 is 33.9 Å². The van der Waals surface area contributed by atoms with Gasteiger partial charge in [0.1, 0.15) is 5.75 Å². The summed E-state index contributed by atoms with van der Waals surface area (Å²) < 4.78 is 27.4. The first-order valence-electron chi connectivity index (χ1n) is 9.67. The number of ether oxygens (including phenoxy) is 1. The van der Waals surface area contributed by atoms with E-state index in [0.717, 1.165) is 56.3 Å². The fraction of sp³-hybridized carbons (Fsp3) is 0.545. The van der Waals surface area contributed by atoms with E-state index in [9.17, 15) is 9.90 Å². The average molecular weight is 651 g/mol. The molecule has 11 heteroatoms. The summed E-state index contributed by atoms with van der Waals surface area (Å²) in [6.07, 6.45) is 1.02. The zero-order chi connectivity index (χ0) is 25.2. The number of carboxylic acid groups (broad SMARTS) is 1. The van der Waals surface area contributed by atoms with Gasteiger partial charge in [-0.2, -0.15) is 11.8 Å². The van der Waals surface area contributed by atoms with Crippen molar-refractivity contribution in [3.63, 3.8) is 0 Å². The van der Waals surface area contributed by atoms with Gasteiger partial charge in [-0.3, -0.25) is 4.90 Å². The number of para-hydroxylation sites is 2. The van der Waals surface area contributed by atoms with Crippen LogP contribution in [0.15, 0.2) is 24.3 Å². The minimum absolute atomic E-state index is 0. The quantitative estimate of drug-likeness (QED) is 0.236. The van der Waals surface area contributed by atoms with Crippen LogP contribution in [0.5, 0.6) is 5.75 Å². The molecular weight excluding hydrogens is 621 g/mol. The summed E-state index contributed by atoms with van der Waals surface area (Å²) in [6.45, 7) is 22.2. The third kappa shape index (κ3) is 13.0. The Morgan fingerprint density at radius 1 is 1.15 bits per heavy atom. The summed E-state index contributed by atoms with van der Waals surface area (Å²) in [5.74, 6) is 0.625. The van der Waals surface area contributed by atoms with Crippen LogP contribution >= 0.6 is 11.8 Å². The number of hydrogen-bond donors (Lipinski definition) is 1. The number of carbonyl (C=O) groups excluding carboxylic acids is 1. The molecule has 0 amide bonds. The monoisotopic (exact) mass is 651 g/mol. The number of hydrogen-bond acceptors (Lipinski definition) is 7. The molecule has 1 aromatic rings. The van der Waals surface area contributed by atoms with E-state index in [1.54, 1.807) is 18.9 Å². The number of thioether (sulfide) groups is 1. The second kappa shape index (κ2) is 21.0. The van der Waals surface area contributed by atoms with E-state index in [2.05, 4.69) is 35.8 Å². The SMILES string of the molecule is COc1ccccc1N1CCN(CCCSC(C)(C)C(N)C(=O)[O-])CC1.[C-]#[O+].[C-]#[O+].[C-]#[O+].[Re]. The minimum Gasteiger partial charge on any atom is 0 e. The molecule has 1 fully saturated rings. The molecule has 9 nitrogen and oxygen atoms in total. The Morgan fingerprint density at radius 2 is 1.67 bits per heavy atom. The van der Waals surface area contributed by atoms with Crippen molar-refractivity contribution in [1.82, 2.24) is 4.90 Å². The van der Waals surface area contributed by atoms with E-state index < -0.39 is 16.8 Å². The maximum absolute atomic E-state index is 10.9. The number of nitrogens with zero attached hydrogens (tertiary/aromatic N) is 2. The second-order valence-corrected chi connectivity index (χ2v) is 8.85. The summed E-state index contributed by atoms with van der Waals surface area (Å²) in [7, 11) is 1.71. The first kappa shape index (κ1) is 36.0. The second-order valence-electron chi connectivity index (χ2n) is 7.10. The Hall–Kier alpha value is -1.56. The van der Waals surface area contributed by atoms with Crippen molar-refractivity contribution >= 4 is 23.4 Å². The number of carbonyl (C=O) groups is 1. The van der Waals surface area contributed by atoms with Crippen LogP contribution in [0.1, 0.15) is 20.3 Å². The van der Waals surface area contributed by atoms with E-state index in [0.29, 0.717) is 0 Å². The van der Waals surface area contributed by atoms with Gasteiger partial charge in [-0.25, -0.2) is 0 Å². The number of nitrogens with two attached hydrogens (primary N) is 1. The standard InChI is InChI=1S/C19H31N3O3S.3CO.Re/c1-19(2,17(20)18(23)24)26-14-6-9-21-10-12-22(13-11-21)15-7-4-5-8-16(15)25-3;3*1-2;/h4-5,7-8,17H,6,9-14,20H2,1-3H3,(H,23,24);;;;/p-1. The summed E-state index contributed by atoms with van der Waals surface area (Å²) in [5, 5.41) is 10.9. The van der Waals surface area contributed by atoms with Crippen molar-refractivity contribution in [2.75, 3.05) is 50.5 Å². The summed E-state index contributed by atoms with van der Waals surface area (Å²) in [4.78, 5) is 15.8. The molecule has 1 aliphatic heterocycles. The number of piperazine rings is 1. The summed E-state index contributed by atoms with van der Waals surface area (Å²) in [5.41, 5.74) is 6.86. The molecule has 1 saturated heterocycles. The van der Waals surface area contributed by atoms with E-state index >= 15 is 0 Å². The van der Waals surface area contributed by atoms with Crippen molar-refractivity contribution in [3.8, 4) is 5.75 Å². The van der Waals surface area contributed by atoms with Gasteiger partial charge in [0.15, 0.2) is 0 Å². The molecule has 0 aromatic heterocycles. The van der Waals surface area contributed by atoms with Crippen molar-refractivity contribution in [2.45, 2.75) is 31.1 Å². The van der Waals surface area contributed by atoms with Crippen LogP contribution in [0, 0.1) is 20.0 Å². The number of rotatable bonds is 9. The Kier molecular flexibility index (Phi) is 22.9. The van der Waals surface area contributed by atoms with Crippen LogP contribution in [0.3, 0.4) is 0 Å². The fourth-order valence-electron chi connectivity index (χ4n) is 3.10. The van der Waals surface area contributed by atoms with Gasteiger partial charge in [-0.1, -0.05) is 12.1 Å². The molecule has 1 heterocycles. The maximum atomic E-state index is 10.9. The Balaban J connectivity index is -0.00000119. The molecule has 0 spiro atoms. The molecule has 1 atom stereocenters. The molecule has 1 aliphatic rings. The maximum Gasteiger partial charge on any atom is 0 e. The van der Waals surface area contributed by atoms with Gasteiger partial charge in [0, 0.05) is 51.3 Å². The molecular formula is C22H30N3O6ReS-. The van der Waals surface area contributed by atoms with Gasteiger partial charge < -0.3 is 25.3 Å². The van der Waals surface area contributed by atoms with Crippen molar-refractivity contribution in [2.24, 2.45) is 5.73 Å². The smallest absolute Gasteiger partial charge is 0 e. The molecule has 0 saturated carbocycles.